The summed E-state index contributed by atoms with van der Waals surface area (Å²) in [6.45, 7) is 6.82. The van der Waals surface area contributed by atoms with E-state index in [0.29, 0.717) is 11.4 Å². The van der Waals surface area contributed by atoms with E-state index in [1.165, 1.54) is 6.07 Å². The first-order valence-corrected chi connectivity index (χ1v) is 7.13. The van der Waals surface area contributed by atoms with E-state index in [4.69, 9.17) is 0 Å². The molecule has 21 heavy (non-hydrogen) atoms. The smallest absolute Gasteiger partial charge is 0.161 e. The van der Waals surface area contributed by atoms with Crippen LogP contribution in [0.1, 0.15) is 31.5 Å². The first kappa shape index (κ1) is 15.4. The zero-order chi connectivity index (χ0) is 15.4. The van der Waals surface area contributed by atoms with Crippen LogP contribution in [0.15, 0.2) is 18.2 Å². The molecule has 0 aliphatic rings. The molecule has 0 bridgehead atoms. The standard InChI is InChI=1S/C16H19F2N3/c1-4-8-19-16-12(5-2)10(3)20-15(21-16)11-6-7-13(17)14(18)9-11/h6-7,9H,4-5,8H2,1-3H3,(H,19,20,21). The topological polar surface area (TPSA) is 37.8 Å². The molecule has 0 saturated carbocycles. The molecule has 0 fully saturated rings. The molecule has 112 valence electrons. The highest BCUT2D eigenvalue weighted by molar-refractivity contribution is 5.60. The molecular formula is C16H19F2N3. The van der Waals surface area contributed by atoms with Crippen LogP contribution in [0.5, 0.6) is 0 Å². The Morgan fingerprint density at radius 2 is 1.86 bits per heavy atom. The second-order valence-corrected chi connectivity index (χ2v) is 4.87. The van der Waals surface area contributed by atoms with E-state index in [9.17, 15) is 8.78 Å². The predicted molar refractivity (Wildman–Crippen MR) is 80.3 cm³/mol. The summed E-state index contributed by atoms with van der Waals surface area (Å²) in [6.07, 6.45) is 1.79. The summed E-state index contributed by atoms with van der Waals surface area (Å²) in [5.74, 6) is -0.588. The highest BCUT2D eigenvalue weighted by Gasteiger charge is 2.13. The van der Waals surface area contributed by atoms with Crippen molar-refractivity contribution in [1.82, 2.24) is 9.97 Å². The van der Waals surface area contributed by atoms with Gasteiger partial charge in [-0.1, -0.05) is 13.8 Å². The monoisotopic (exact) mass is 291 g/mol. The van der Waals surface area contributed by atoms with Crippen molar-refractivity contribution in [3.05, 3.63) is 41.1 Å². The maximum Gasteiger partial charge on any atom is 0.161 e. The van der Waals surface area contributed by atoms with Crippen LogP contribution in [0.3, 0.4) is 0 Å². The van der Waals surface area contributed by atoms with Crippen molar-refractivity contribution in [2.45, 2.75) is 33.6 Å². The van der Waals surface area contributed by atoms with Gasteiger partial charge in [0.1, 0.15) is 5.82 Å². The highest BCUT2D eigenvalue weighted by Crippen LogP contribution is 2.24. The Labute approximate surface area is 123 Å². The molecule has 0 aliphatic heterocycles. The van der Waals surface area contributed by atoms with Crippen molar-refractivity contribution in [3.63, 3.8) is 0 Å². The molecule has 0 aliphatic carbocycles. The third kappa shape index (κ3) is 3.35. The lowest BCUT2D eigenvalue weighted by Crippen LogP contribution is -2.09. The second kappa shape index (κ2) is 6.61. The molecule has 0 radical (unpaired) electrons. The molecule has 0 saturated heterocycles. The summed E-state index contributed by atoms with van der Waals surface area (Å²) in [5.41, 5.74) is 2.37. The number of aryl methyl sites for hydroxylation is 1. The molecule has 1 N–H and O–H groups in total. The molecule has 0 spiro atoms. The molecule has 1 heterocycles. The third-order valence-electron chi connectivity index (χ3n) is 3.29. The Balaban J connectivity index is 2.48. The number of benzene rings is 1. The predicted octanol–water partition coefficient (Wildman–Crippen LogP) is 4.11. The van der Waals surface area contributed by atoms with Crippen molar-refractivity contribution < 1.29 is 8.78 Å². The van der Waals surface area contributed by atoms with Crippen LogP contribution >= 0.6 is 0 Å². The first-order chi connectivity index (χ1) is 10.1. The lowest BCUT2D eigenvalue weighted by atomic mass is 10.1. The van der Waals surface area contributed by atoms with Gasteiger partial charge in [0, 0.05) is 23.4 Å². The van der Waals surface area contributed by atoms with E-state index in [1.807, 2.05) is 13.8 Å². The number of rotatable bonds is 5. The van der Waals surface area contributed by atoms with Gasteiger partial charge in [-0.25, -0.2) is 18.7 Å². The first-order valence-electron chi connectivity index (χ1n) is 7.13. The second-order valence-electron chi connectivity index (χ2n) is 4.87. The van der Waals surface area contributed by atoms with E-state index < -0.39 is 11.6 Å². The Hall–Kier alpha value is -2.04. The lowest BCUT2D eigenvalue weighted by molar-refractivity contribution is 0.509. The Kier molecular flexibility index (Phi) is 4.83. The van der Waals surface area contributed by atoms with Gasteiger partial charge in [0.25, 0.3) is 0 Å². The molecule has 3 nitrogen and oxygen atoms in total. The average Bonchev–Trinajstić information content (AvgIpc) is 2.47. The lowest BCUT2D eigenvalue weighted by Gasteiger charge is -2.13. The average molecular weight is 291 g/mol. The quantitative estimate of drug-likeness (QED) is 0.900. The summed E-state index contributed by atoms with van der Waals surface area (Å²) < 4.78 is 26.4. The minimum absolute atomic E-state index is 0.405. The van der Waals surface area contributed by atoms with Crippen LogP contribution < -0.4 is 5.32 Å². The number of nitrogens with zero attached hydrogens (tertiary/aromatic N) is 2. The van der Waals surface area contributed by atoms with Crippen LogP contribution in [-0.4, -0.2) is 16.5 Å². The summed E-state index contributed by atoms with van der Waals surface area (Å²) in [7, 11) is 0. The van der Waals surface area contributed by atoms with Crippen molar-refractivity contribution in [2.24, 2.45) is 0 Å². The fourth-order valence-corrected chi connectivity index (χ4v) is 2.17. The van der Waals surface area contributed by atoms with E-state index >= 15 is 0 Å². The van der Waals surface area contributed by atoms with Crippen molar-refractivity contribution in [2.75, 3.05) is 11.9 Å². The van der Waals surface area contributed by atoms with Crippen molar-refractivity contribution in [1.29, 1.82) is 0 Å². The molecule has 2 aromatic rings. The third-order valence-corrected chi connectivity index (χ3v) is 3.29. The zero-order valence-electron chi connectivity index (χ0n) is 12.5. The van der Waals surface area contributed by atoms with Crippen LogP contribution in [0.4, 0.5) is 14.6 Å². The maximum absolute atomic E-state index is 13.4. The molecule has 0 unspecified atom stereocenters. The largest absolute Gasteiger partial charge is 0.370 e. The van der Waals surface area contributed by atoms with Crippen molar-refractivity contribution >= 4 is 5.82 Å². The minimum atomic E-state index is -0.892. The number of nitrogens with one attached hydrogen (secondary N) is 1. The van der Waals surface area contributed by atoms with Gasteiger partial charge in [0.2, 0.25) is 0 Å². The van der Waals surface area contributed by atoms with Gasteiger partial charge in [0.15, 0.2) is 17.5 Å². The SMILES string of the molecule is CCCNc1nc(-c2ccc(F)c(F)c2)nc(C)c1CC. The highest BCUT2D eigenvalue weighted by atomic mass is 19.2. The molecule has 2 rings (SSSR count). The number of hydrogen-bond acceptors (Lipinski definition) is 3. The number of anilines is 1. The van der Waals surface area contributed by atoms with Gasteiger partial charge < -0.3 is 5.32 Å². The minimum Gasteiger partial charge on any atom is -0.370 e. The molecular weight excluding hydrogens is 272 g/mol. The van der Waals surface area contributed by atoms with Crippen LogP contribution in [0.2, 0.25) is 0 Å². The number of hydrogen-bond donors (Lipinski definition) is 1. The summed E-state index contributed by atoms with van der Waals surface area (Å²) in [6, 6.07) is 3.71. The van der Waals surface area contributed by atoms with Gasteiger partial charge in [-0.2, -0.15) is 0 Å². The summed E-state index contributed by atoms with van der Waals surface area (Å²) in [4.78, 5) is 8.89. The van der Waals surface area contributed by atoms with Gasteiger partial charge in [-0.15, -0.1) is 0 Å². The van der Waals surface area contributed by atoms with E-state index in [0.717, 1.165) is 48.6 Å². The van der Waals surface area contributed by atoms with E-state index in [1.54, 1.807) is 0 Å². The Bertz CT molecular complexity index is 642. The molecule has 1 aromatic carbocycles. The van der Waals surface area contributed by atoms with Crippen LogP contribution in [0.25, 0.3) is 11.4 Å². The molecule has 1 aromatic heterocycles. The molecule has 5 heteroatoms. The van der Waals surface area contributed by atoms with E-state index in [2.05, 4.69) is 22.2 Å². The van der Waals surface area contributed by atoms with Gasteiger partial charge in [-0.05, 0) is 38.0 Å². The Morgan fingerprint density at radius 1 is 1.10 bits per heavy atom. The zero-order valence-corrected chi connectivity index (χ0v) is 12.5. The molecule has 0 amide bonds. The van der Waals surface area contributed by atoms with Crippen molar-refractivity contribution in [3.8, 4) is 11.4 Å². The Morgan fingerprint density at radius 3 is 2.48 bits per heavy atom. The molecule has 0 atom stereocenters. The van der Waals surface area contributed by atoms with Crippen LogP contribution in [-0.2, 0) is 6.42 Å². The maximum atomic E-state index is 13.4. The van der Waals surface area contributed by atoms with Gasteiger partial charge >= 0.3 is 0 Å². The fraction of sp³-hybridized carbons (Fsp3) is 0.375. The van der Waals surface area contributed by atoms with Crippen LogP contribution in [0, 0.1) is 18.6 Å². The fourth-order valence-electron chi connectivity index (χ4n) is 2.17. The summed E-state index contributed by atoms with van der Waals surface area (Å²) in [5, 5.41) is 3.27. The van der Waals surface area contributed by atoms with Gasteiger partial charge in [-0.3, -0.25) is 0 Å². The van der Waals surface area contributed by atoms with Gasteiger partial charge in [0.05, 0.1) is 0 Å². The van der Waals surface area contributed by atoms with E-state index in [-0.39, 0.29) is 0 Å². The number of halogens is 2. The normalized spacial score (nSPS) is 10.7. The summed E-state index contributed by atoms with van der Waals surface area (Å²) >= 11 is 0. The number of aromatic nitrogens is 2.